The topological polar surface area (TPSA) is 78.9 Å². The third-order valence-electron chi connectivity index (χ3n) is 10.1. The largest absolute Gasteiger partial charge is 0.462 e. The van der Waals surface area contributed by atoms with E-state index in [0.717, 1.165) is 83.5 Å². The molecule has 0 aliphatic rings. The molecule has 0 heterocycles. The highest BCUT2D eigenvalue weighted by Gasteiger charge is 2.19. The molecule has 0 amide bonds. The van der Waals surface area contributed by atoms with E-state index in [4.69, 9.17) is 14.2 Å². The zero-order chi connectivity index (χ0) is 40.8. The molecule has 0 aliphatic carbocycles. The Balaban J connectivity index is 4.39. The summed E-state index contributed by atoms with van der Waals surface area (Å²) in [4.78, 5) is 37.7. The van der Waals surface area contributed by atoms with E-state index < -0.39 is 6.10 Å². The molecule has 0 rings (SSSR count). The van der Waals surface area contributed by atoms with Crippen LogP contribution in [0.4, 0.5) is 0 Å². The Bertz CT molecular complexity index is 996. The fourth-order valence-electron chi connectivity index (χ4n) is 6.53. The first-order valence-electron chi connectivity index (χ1n) is 23.7. The van der Waals surface area contributed by atoms with Crippen LogP contribution in [0.25, 0.3) is 0 Å². The average molecular weight is 785 g/mol. The first-order valence-corrected chi connectivity index (χ1v) is 23.7. The molecule has 6 heteroatoms. The van der Waals surface area contributed by atoms with Crippen LogP contribution in [-0.4, -0.2) is 37.2 Å². The van der Waals surface area contributed by atoms with Crippen LogP contribution >= 0.6 is 0 Å². The van der Waals surface area contributed by atoms with E-state index in [1.54, 1.807) is 0 Å². The van der Waals surface area contributed by atoms with Crippen LogP contribution in [0.2, 0.25) is 0 Å². The predicted octanol–water partition coefficient (Wildman–Crippen LogP) is 15.1. The maximum Gasteiger partial charge on any atom is 0.306 e. The van der Waals surface area contributed by atoms with E-state index in [9.17, 15) is 14.4 Å². The van der Waals surface area contributed by atoms with Crippen molar-refractivity contribution in [2.75, 3.05) is 13.2 Å². The molecule has 1 unspecified atom stereocenters. The Morgan fingerprint density at radius 3 is 1.23 bits per heavy atom. The van der Waals surface area contributed by atoms with Crippen molar-refractivity contribution in [3.63, 3.8) is 0 Å². The summed E-state index contributed by atoms with van der Waals surface area (Å²) >= 11 is 0. The maximum absolute atomic E-state index is 12.7. The van der Waals surface area contributed by atoms with Gasteiger partial charge in [-0.25, -0.2) is 0 Å². The molecule has 0 saturated carbocycles. The number of carbonyl (C=O) groups is 3. The maximum atomic E-state index is 12.7. The molecule has 0 fully saturated rings. The zero-order valence-electron chi connectivity index (χ0n) is 36.9. The van der Waals surface area contributed by atoms with E-state index >= 15 is 0 Å². The average Bonchev–Trinajstić information content (AvgIpc) is 3.19. The van der Waals surface area contributed by atoms with Gasteiger partial charge in [0.25, 0.3) is 0 Å². The van der Waals surface area contributed by atoms with Gasteiger partial charge in [0.15, 0.2) is 6.10 Å². The van der Waals surface area contributed by atoms with Crippen molar-refractivity contribution < 1.29 is 28.6 Å². The molecule has 0 radical (unpaired) electrons. The summed E-state index contributed by atoms with van der Waals surface area (Å²) in [7, 11) is 0. The van der Waals surface area contributed by atoms with Gasteiger partial charge in [0.2, 0.25) is 0 Å². The number of hydrogen-bond acceptors (Lipinski definition) is 6. The quantitative estimate of drug-likeness (QED) is 0.0202. The van der Waals surface area contributed by atoms with Gasteiger partial charge in [-0.2, -0.15) is 0 Å². The van der Waals surface area contributed by atoms with Gasteiger partial charge >= 0.3 is 17.9 Å². The summed E-state index contributed by atoms with van der Waals surface area (Å²) in [5, 5.41) is 0. The second-order valence-electron chi connectivity index (χ2n) is 15.7. The lowest BCUT2D eigenvalue weighted by Gasteiger charge is -2.18. The normalized spacial score (nSPS) is 12.4. The Morgan fingerprint density at radius 1 is 0.393 bits per heavy atom. The molecule has 0 N–H and O–H groups in total. The van der Waals surface area contributed by atoms with Crippen LogP contribution in [-0.2, 0) is 28.6 Å². The van der Waals surface area contributed by atoms with E-state index in [-0.39, 0.29) is 31.1 Å². The third-order valence-corrected chi connectivity index (χ3v) is 10.1. The van der Waals surface area contributed by atoms with Gasteiger partial charge in [0, 0.05) is 19.3 Å². The van der Waals surface area contributed by atoms with Crippen molar-refractivity contribution in [1.29, 1.82) is 0 Å². The molecule has 0 aromatic heterocycles. The van der Waals surface area contributed by atoms with E-state index in [2.05, 4.69) is 69.4 Å². The highest BCUT2D eigenvalue weighted by atomic mass is 16.6. The summed E-state index contributed by atoms with van der Waals surface area (Å²) in [6, 6.07) is 0. The lowest BCUT2D eigenvalue weighted by molar-refractivity contribution is -0.167. The lowest BCUT2D eigenvalue weighted by atomic mass is 10.0. The molecule has 0 saturated heterocycles. The lowest BCUT2D eigenvalue weighted by Crippen LogP contribution is -2.30. The van der Waals surface area contributed by atoms with Crippen molar-refractivity contribution in [1.82, 2.24) is 0 Å². The summed E-state index contributed by atoms with van der Waals surface area (Å²) in [5.74, 6) is -0.955. The first-order chi connectivity index (χ1) is 27.5. The van der Waals surface area contributed by atoms with Gasteiger partial charge < -0.3 is 14.2 Å². The molecule has 0 aliphatic heterocycles. The number of hydrogen-bond donors (Lipinski definition) is 0. The molecule has 324 valence electrons. The van der Waals surface area contributed by atoms with Crippen LogP contribution in [0, 0.1) is 0 Å². The van der Waals surface area contributed by atoms with Crippen molar-refractivity contribution in [2.24, 2.45) is 0 Å². The monoisotopic (exact) mass is 785 g/mol. The zero-order valence-corrected chi connectivity index (χ0v) is 36.9. The molecule has 0 bridgehead atoms. The fraction of sp³-hybridized carbons (Fsp3) is 0.780. The van der Waals surface area contributed by atoms with Crippen LogP contribution in [0.15, 0.2) is 48.6 Å². The predicted molar refractivity (Wildman–Crippen MR) is 238 cm³/mol. The Hall–Kier alpha value is -2.63. The number of ether oxygens (including phenoxy) is 3. The molecular formula is C50H88O6. The van der Waals surface area contributed by atoms with Crippen molar-refractivity contribution in [3.05, 3.63) is 48.6 Å². The smallest absolute Gasteiger partial charge is 0.306 e. The van der Waals surface area contributed by atoms with Crippen LogP contribution in [0.1, 0.15) is 233 Å². The molecule has 6 nitrogen and oxygen atoms in total. The highest BCUT2D eigenvalue weighted by molar-refractivity contribution is 5.71. The Labute approximate surface area is 346 Å². The third kappa shape index (κ3) is 42.5. The van der Waals surface area contributed by atoms with Gasteiger partial charge in [-0.05, 0) is 70.6 Å². The first kappa shape index (κ1) is 53.4. The van der Waals surface area contributed by atoms with E-state index in [1.165, 1.54) is 109 Å². The number of carbonyl (C=O) groups excluding carboxylic acids is 3. The summed E-state index contributed by atoms with van der Waals surface area (Å²) in [6.45, 7) is 6.45. The standard InChI is InChI=1S/C50H88O6/c1-4-7-10-13-16-19-21-23-24-25-27-28-31-34-37-40-43-49(52)55-46-47(45-54-48(51)42-39-36-33-30-18-15-12-9-6-3)56-50(53)44-41-38-35-32-29-26-22-20-17-14-11-8-5-2/h9,12,18,24-25,27-28,30,47H,4-8,10-11,13-17,19-23,26,29,31-46H2,1-3H3/b12-9-,25-24-,28-27-,30-18-. The van der Waals surface area contributed by atoms with Crippen molar-refractivity contribution in [2.45, 2.75) is 239 Å². The van der Waals surface area contributed by atoms with Crippen LogP contribution in [0.3, 0.4) is 0 Å². The molecule has 56 heavy (non-hydrogen) atoms. The molecule has 0 aromatic rings. The van der Waals surface area contributed by atoms with Crippen LogP contribution in [0.5, 0.6) is 0 Å². The summed E-state index contributed by atoms with van der Waals surface area (Å²) < 4.78 is 16.7. The number of allylic oxidation sites excluding steroid dienone is 8. The van der Waals surface area contributed by atoms with Gasteiger partial charge in [-0.1, -0.05) is 191 Å². The number of rotatable bonds is 42. The minimum Gasteiger partial charge on any atom is -0.462 e. The van der Waals surface area contributed by atoms with Gasteiger partial charge in [0.1, 0.15) is 13.2 Å². The highest BCUT2D eigenvalue weighted by Crippen LogP contribution is 2.14. The van der Waals surface area contributed by atoms with Crippen molar-refractivity contribution in [3.8, 4) is 0 Å². The SMILES string of the molecule is CC/C=C\C/C=C\CCCCC(=O)OCC(COC(=O)CCCCC/C=C\C=C/CCCCCCCCC)OC(=O)CCCCCCCCCCCCCCC. The number of esters is 3. The summed E-state index contributed by atoms with van der Waals surface area (Å²) in [5.41, 5.74) is 0. The molecule has 1 atom stereocenters. The molecule has 0 aromatic carbocycles. The van der Waals surface area contributed by atoms with Crippen molar-refractivity contribution >= 4 is 17.9 Å². The Kier molecular flexibility index (Phi) is 43.0. The second-order valence-corrected chi connectivity index (χ2v) is 15.7. The Morgan fingerprint density at radius 2 is 0.750 bits per heavy atom. The van der Waals surface area contributed by atoms with Gasteiger partial charge in [-0.15, -0.1) is 0 Å². The summed E-state index contributed by atoms with van der Waals surface area (Å²) in [6.07, 6.45) is 52.5. The van der Waals surface area contributed by atoms with Crippen LogP contribution < -0.4 is 0 Å². The second kappa shape index (κ2) is 45.1. The van der Waals surface area contributed by atoms with Gasteiger partial charge in [0.05, 0.1) is 0 Å². The minimum atomic E-state index is -0.791. The molecular weight excluding hydrogens is 697 g/mol. The van der Waals surface area contributed by atoms with E-state index in [0.29, 0.717) is 19.3 Å². The fourth-order valence-corrected chi connectivity index (χ4v) is 6.53. The van der Waals surface area contributed by atoms with E-state index in [1.807, 2.05) is 0 Å². The van der Waals surface area contributed by atoms with Gasteiger partial charge in [-0.3, -0.25) is 14.4 Å². The minimum absolute atomic E-state index is 0.0956. The molecule has 0 spiro atoms. The number of unbranched alkanes of at least 4 members (excludes halogenated alkanes) is 24.